The molecule has 2 atom stereocenters. The van der Waals surface area contributed by atoms with Gasteiger partial charge in [0.25, 0.3) is 0 Å². The van der Waals surface area contributed by atoms with Crippen molar-refractivity contribution in [3.8, 4) is 0 Å². The van der Waals surface area contributed by atoms with Crippen LogP contribution >= 0.6 is 7.82 Å². The van der Waals surface area contributed by atoms with E-state index in [1.54, 1.807) is 0 Å². The van der Waals surface area contributed by atoms with E-state index >= 15 is 0 Å². The van der Waals surface area contributed by atoms with Gasteiger partial charge in [-0.2, -0.15) is 0 Å². The lowest BCUT2D eigenvalue weighted by Gasteiger charge is -2.19. The molecule has 0 spiro atoms. The second-order valence-electron chi connectivity index (χ2n) is 18.5. The van der Waals surface area contributed by atoms with Gasteiger partial charge in [0.1, 0.15) is 17.9 Å². The van der Waals surface area contributed by atoms with Crippen LogP contribution < -0.4 is 5.73 Å². The maximum absolute atomic E-state index is 12.9. The number of carbonyl (C=O) groups excluding carboxylic acids is 2. The molecule has 0 aliphatic carbocycles. The molecule has 0 aliphatic heterocycles. The number of nitrogens with two attached hydrogens (primary N) is 1. The van der Waals surface area contributed by atoms with E-state index in [4.69, 9.17) is 34.0 Å². The Bertz CT molecular complexity index is 1810. The van der Waals surface area contributed by atoms with E-state index in [9.17, 15) is 19.0 Å². The highest BCUT2D eigenvalue weighted by Gasteiger charge is 2.23. The molecular formula is C53H91N4O9P. The lowest BCUT2D eigenvalue weighted by atomic mass is 10.0. The third-order valence-electron chi connectivity index (χ3n) is 12.5. The van der Waals surface area contributed by atoms with Gasteiger partial charge in [-0.05, 0) is 25.3 Å². The lowest BCUT2D eigenvalue weighted by molar-refractivity contribution is -0.163. The molecule has 1 unspecified atom stereocenters. The number of para-hydroxylation sites is 1. The number of aromatic nitrogens is 3. The van der Waals surface area contributed by atoms with Crippen molar-refractivity contribution in [2.75, 3.05) is 38.8 Å². The van der Waals surface area contributed by atoms with Gasteiger partial charge in [0.05, 0.1) is 37.5 Å². The SMILES string of the molecule is CCCCCCCCCCCCCCCC(=O)OC[C@H](COCCOP(=O)(O)OCCn1c(CCCC)nc2c(N)nc3ccccc3c21)OC(=O)CCCCCCCCCCCCCCC. The van der Waals surface area contributed by atoms with E-state index < -0.39 is 13.9 Å². The van der Waals surface area contributed by atoms with E-state index in [1.807, 2.05) is 28.8 Å². The molecule has 0 saturated carbocycles. The number of fused-ring (bicyclic) bond motifs is 3. The van der Waals surface area contributed by atoms with Gasteiger partial charge in [-0.1, -0.05) is 199 Å². The molecule has 382 valence electrons. The number of anilines is 1. The number of nitrogen functional groups attached to an aromatic ring is 1. The molecule has 1 aromatic carbocycles. The molecule has 0 fully saturated rings. The van der Waals surface area contributed by atoms with E-state index in [-0.39, 0.29) is 57.9 Å². The highest BCUT2D eigenvalue weighted by Crippen LogP contribution is 2.43. The molecule has 3 N–H and O–H groups in total. The van der Waals surface area contributed by atoms with Crippen LogP contribution in [0, 0.1) is 0 Å². The minimum absolute atomic E-state index is 0.0590. The van der Waals surface area contributed by atoms with E-state index in [0.29, 0.717) is 24.2 Å². The van der Waals surface area contributed by atoms with Crippen LogP contribution in [0.4, 0.5) is 5.82 Å². The molecule has 3 aromatic rings. The summed E-state index contributed by atoms with van der Waals surface area (Å²) < 4.78 is 42.6. The van der Waals surface area contributed by atoms with E-state index in [2.05, 4.69) is 25.8 Å². The molecule has 0 aliphatic rings. The van der Waals surface area contributed by atoms with Gasteiger partial charge in [-0.3, -0.25) is 18.6 Å². The zero-order chi connectivity index (χ0) is 48.2. The Balaban J connectivity index is 1.39. The summed E-state index contributed by atoms with van der Waals surface area (Å²) in [5.41, 5.74) is 8.46. The zero-order valence-electron chi connectivity index (χ0n) is 42.1. The van der Waals surface area contributed by atoms with Gasteiger partial charge in [0.2, 0.25) is 0 Å². The fourth-order valence-electron chi connectivity index (χ4n) is 8.58. The van der Waals surface area contributed by atoms with Crippen molar-refractivity contribution in [3.05, 3.63) is 30.1 Å². The lowest BCUT2D eigenvalue weighted by Crippen LogP contribution is -2.30. The normalized spacial score (nSPS) is 13.1. The van der Waals surface area contributed by atoms with Crippen LogP contribution in [0.3, 0.4) is 0 Å². The molecule has 0 radical (unpaired) electrons. The fraction of sp³-hybridized carbons (Fsp3) is 0.774. The monoisotopic (exact) mass is 959 g/mol. The third kappa shape index (κ3) is 25.9. The first kappa shape index (κ1) is 58.2. The summed E-state index contributed by atoms with van der Waals surface area (Å²) in [6, 6.07) is 7.68. The predicted octanol–water partition coefficient (Wildman–Crippen LogP) is 14.1. The first-order valence-corrected chi connectivity index (χ1v) is 28.3. The van der Waals surface area contributed by atoms with Crippen LogP contribution in [0.1, 0.15) is 219 Å². The Morgan fingerprint density at radius 1 is 0.627 bits per heavy atom. The molecule has 67 heavy (non-hydrogen) atoms. The maximum Gasteiger partial charge on any atom is 0.472 e. The summed E-state index contributed by atoms with van der Waals surface area (Å²) in [7, 11) is -4.45. The summed E-state index contributed by atoms with van der Waals surface area (Å²) in [6.07, 6.45) is 34.2. The topological polar surface area (TPSA) is 174 Å². The van der Waals surface area contributed by atoms with Gasteiger partial charge in [0, 0.05) is 31.2 Å². The number of phosphoric acid groups is 1. The Hall–Kier alpha value is -3.09. The second kappa shape index (κ2) is 36.8. The number of ether oxygens (including phenoxy) is 3. The van der Waals surface area contributed by atoms with Crippen LogP contribution in [-0.2, 0) is 50.4 Å². The van der Waals surface area contributed by atoms with Crippen LogP contribution in [0.25, 0.3) is 21.9 Å². The van der Waals surface area contributed by atoms with Gasteiger partial charge in [-0.25, -0.2) is 14.5 Å². The number of phosphoric ester groups is 1. The molecule has 0 bridgehead atoms. The van der Waals surface area contributed by atoms with Gasteiger partial charge < -0.3 is 29.4 Å². The summed E-state index contributed by atoms with van der Waals surface area (Å²) in [4.78, 5) is 45.5. The molecule has 3 rings (SSSR count). The standard InChI is InChI=1S/C53H91N4O9P/c1-4-7-10-12-14-16-18-20-22-24-26-28-30-37-49(58)63-44-45(66-50(59)38-31-29-27-25-23-21-19-17-15-13-11-8-5-2)43-62-41-42-65-67(60,61)64-40-39-57-48(36-9-6-3)56-51-52(57)46-34-32-33-35-47(46)55-53(51)54/h32-35,45H,4-31,36-44H2,1-3H3,(H2,54,55)(H,60,61)/t45-/m0/s1. The number of nitrogens with zero attached hydrogens (tertiary/aromatic N) is 3. The van der Waals surface area contributed by atoms with Crippen molar-refractivity contribution in [1.82, 2.24) is 14.5 Å². The number of hydrogen-bond donors (Lipinski definition) is 2. The highest BCUT2D eigenvalue weighted by atomic mass is 31.2. The van der Waals surface area contributed by atoms with Crippen LogP contribution in [0.5, 0.6) is 0 Å². The summed E-state index contributed by atoms with van der Waals surface area (Å²) in [5.74, 6) is 0.454. The smallest absolute Gasteiger partial charge is 0.462 e. The predicted molar refractivity (Wildman–Crippen MR) is 272 cm³/mol. The Morgan fingerprint density at radius 3 is 1.67 bits per heavy atom. The Kier molecular flexibility index (Phi) is 32.0. The van der Waals surface area contributed by atoms with Crippen molar-refractivity contribution in [2.24, 2.45) is 0 Å². The minimum atomic E-state index is -4.45. The highest BCUT2D eigenvalue weighted by molar-refractivity contribution is 7.47. The summed E-state index contributed by atoms with van der Waals surface area (Å²) in [6.45, 7) is 6.25. The van der Waals surface area contributed by atoms with Gasteiger partial charge in [0.15, 0.2) is 11.9 Å². The Morgan fingerprint density at radius 2 is 1.12 bits per heavy atom. The van der Waals surface area contributed by atoms with Gasteiger partial charge >= 0.3 is 19.8 Å². The molecule has 0 saturated heterocycles. The van der Waals surface area contributed by atoms with E-state index in [0.717, 1.165) is 73.6 Å². The molecule has 13 nitrogen and oxygen atoms in total. The number of rotatable bonds is 44. The van der Waals surface area contributed by atoms with Crippen LogP contribution in [0.2, 0.25) is 0 Å². The largest absolute Gasteiger partial charge is 0.472 e. The number of benzene rings is 1. The fourth-order valence-corrected chi connectivity index (χ4v) is 9.27. The number of aryl methyl sites for hydroxylation is 1. The van der Waals surface area contributed by atoms with Crippen molar-refractivity contribution in [1.29, 1.82) is 0 Å². The van der Waals surface area contributed by atoms with Crippen molar-refractivity contribution < 1.29 is 42.3 Å². The van der Waals surface area contributed by atoms with Crippen molar-refractivity contribution >= 4 is 47.5 Å². The molecular weight excluding hydrogens is 868 g/mol. The molecule has 14 heteroatoms. The van der Waals surface area contributed by atoms with Crippen LogP contribution in [0.15, 0.2) is 24.3 Å². The number of hydrogen-bond acceptors (Lipinski definition) is 11. The third-order valence-corrected chi connectivity index (χ3v) is 13.5. The number of unbranched alkanes of at least 4 members (excludes halogenated alkanes) is 25. The van der Waals surface area contributed by atoms with Gasteiger partial charge in [-0.15, -0.1) is 0 Å². The average Bonchev–Trinajstić information content (AvgIpc) is 3.69. The number of imidazole rings is 1. The number of carbonyl (C=O) groups is 2. The minimum Gasteiger partial charge on any atom is -0.462 e. The average molecular weight is 959 g/mol. The zero-order valence-corrected chi connectivity index (χ0v) is 43.0. The molecule has 2 aromatic heterocycles. The first-order valence-electron chi connectivity index (χ1n) is 26.8. The number of esters is 2. The maximum atomic E-state index is 12.9. The van der Waals surface area contributed by atoms with Crippen molar-refractivity contribution in [2.45, 2.75) is 232 Å². The quantitative estimate of drug-likeness (QED) is 0.0312. The molecule has 0 amide bonds. The first-order chi connectivity index (χ1) is 32.7. The molecule has 2 heterocycles. The van der Waals surface area contributed by atoms with E-state index in [1.165, 1.54) is 128 Å². The summed E-state index contributed by atoms with van der Waals surface area (Å²) in [5, 5.41) is 0.885. The summed E-state index contributed by atoms with van der Waals surface area (Å²) >= 11 is 0. The van der Waals surface area contributed by atoms with Crippen LogP contribution in [-0.4, -0.2) is 70.5 Å². The second-order valence-corrected chi connectivity index (χ2v) is 19.9. The Labute approximate surface area is 404 Å². The van der Waals surface area contributed by atoms with Crippen molar-refractivity contribution in [3.63, 3.8) is 0 Å². The number of pyridine rings is 1.